The summed E-state index contributed by atoms with van der Waals surface area (Å²) in [6.45, 7) is 1.43. The molecule has 0 atom stereocenters. The number of aliphatic carboxylic acids is 1. The number of carboxylic acid groups (broad SMARTS) is 1. The number of rotatable bonds is 7. The van der Waals surface area contributed by atoms with Crippen molar-refractivity contribution >= 4 is 62.9 Å². The fourth-order valence-electron chi connectivity index (χ4n) is 3.20. The van der Waals surface area contributed by atoms with E-state index in [1.807, 2.05) is 42.5 Å². The lowest BCUT2D eigenvalue weighted by molar-refractivity contribution is -0.307. The summed E-state index contributed by atoms with van der Waals surface area (Å²) >= 11 is 7.49. The number of benzene rings is 3. The largest absolute Gasteiger partial charge is 0.546 e. The number of carbonyl (C=O) groups is 2. The molecule has 1 amide bonds. The van der Waals surface area contributed by atoms with Crippen LogP contribution in [0.1, 0.15) is 12.5 Å². The highest BCUT2D eigenvalue weighted by atomic mass is 35.5. The van der Waals surface area contributed by atoms with Crippen LogP contribution < -0.4 is 19.9 Å². The quantitative estimate of drug-likeness (QED) is 0.513. The maximum Gasteiger partial charge on any atom is 0.264 e. The zero-order valence-electron chi connectivity index (χ0n) is 17.5. The number of thioether (sulfide) groups is 1. The van der Waals surface area contributed by atoms with Gasteiger partial charge in [0.2, 0.25) is 0 Å². The van der Waals surface area contributed by atoms with Crippen molar-refractivity contribution in [3.63, 3.8) is 0 Å². The number of amidine groups is 1. The smallest absolute Gasteiger partial charge is 0.264 e. The molecule has 7 nitrogen and oxygen atoms in total. The second-order valence-corrected chi connectivity index (χ2v) is 8.37. The van der Waals surface area contributed by atoms with Gasteiger partial charge in [0.25, 0.3) is 5.91 Å². The summed E-state index contributed by atoms with van der Waals surface area (Å²) in [7, 11) is 0. The third-order valence-corrected chi connectivity index (χ3v) is 5.77. The lowest BCUT2D eigenvalue weighted by Gasteiger charge is -2.14. The molecular formula is C24H18ClN2O5S-. The van der Waals surface area contributed by atoms with Crippen molar-refractivity contribution in [1.82, 2.24) is 5.32 Å². The number of aliphatic imine (C=N–C) groups is 1. The number of nitrogens with zero attached hydrogens (tertiary/aromatic N) is 1. The van der Waals surface area contributed by atoms with E-state index in [2.05, 4.69) is 10.3 Å². The summed E-state index contributed by atoms with van der Waals surface area (Å²) in [5, 5.41) is 16.3. The third kappa shape index (κ3) is 5.47. The Hall–Kier alpha value is -3.49. The molecule has 0 unspecified atom stereocenters. The van der Waals surface area contributed by atoms with Gasteiger partial charge in [0.1, 0.15) is 6.61 Å². The number of fused-ring (bicyclic) bond motifs is 1. The maximum atomic E-state index is 12.5. The molecule has 4 rings (SSSR count). The van der Waals surface area contributed by atoms with Crippen LogP contribution in [0.4, 0.5) is 5.69 Å². The molecule has 1 heterocycles. The molecule has 1 fully saturated rings. The molecule has 1 aliphatic rings. The SMILES string of the molecule is CCOc1cc(/C=C2/SC(=Nc3ccc4ccccc4c3)NC2=O)cc(Cl)c1OCC(=O)[O-]. The van der Waals surface area contributed by atoms with E-state index in [-0.39, 0.29) is 22.4 Å². The average Bonchev–Trinajstić information content (AvgIpc) is 3.11. The number of amides is 1. The van der Waals surface area contributed by atoms with Crippen LogP contribution in [-0.2, 0) is 9.59 Å². The molecule has 0 spiro atoms. The molecule has 0 bridgehead atoms. The van der Waals surface area contributed by atoms with E-state index in [4.69, 9.17) is 21.1 Å². The van der Waals surface area contributed by atoms with Gasteiger partial charge in [-0.15, -0.1) is 0 Å². The number of halogens is 1. The number of carboxylic acids is 1. The Bertz CT molecular complexity index is 1310. The molecule has 1 N–H and O–H groups in total. The number of nitrogens with one attached hydrogen (secondary N) is 1. The number of hydrogen-bond acceptors (Lipinski definition) is 7. The molecule has 0 saturated carbocycles. The fourth-order valence-corrected chi connectivity index (χ4v) is 4.32. The molecule has 1 saturated heterocycles. The van der Waals surface area contributed by atoms with Gasteiger partial charge >= 0.3 is 0 Å². The van der Waals surface area contributed by atoms with Crippen LogP contribution in [0.5, 0.6) is 11.5 Å². The molecule has 0 aromatic heterocycles. The van der Waals surface area contributed by atoms with Crippen LogP contribution in [0, 0.1) is 0 Å². The van der Waals surface area contributed by atoms with E-state index in [9.17, 15) is 14.7 Å². The molecule has 3 aromatic carbocycles. The van der Waals surface area contributed by atoms with Gasteiger partial charge in [-0.05, 0) is 65.4 Å². The van der Waals surface area contributed by atoms with E-state index in [0.717, 1.165) is 16.5 Å². The summed E-state index contributed by atoms with van der Waals surface area (Å²) < 4.78 is 10.7. The summed E-state index contributed by atoms with van der Waals surface area (Å²) in [4.78, 5) is 28.2. The predicted octanol–water partition coefficient (Wildman–Crippen LogP) is 3.91. The maximum absolute atomic E-state index is 12.5. The minimum absolute atomic E-state index is 0.104. The number of carbonyl (C=O) groups excluding carboxylic acids is 2. The monoisotopic (exact) mass is 481 g/mol. The predicted molar refractivity (Wildman–Crippen MR) is 128 cm³/mol. The highest BCUT2D eigenvalue weighted by Gasteiger charge is 2.24. The van der Waals surface area contributed by atoms with Gasteiger partial charge in [0.15, 0.2) is 16.7 Å². The van der Waals surface area contributed by atoms with Gasteiger partial charge in [-0.1, -0.05) is 41.9 Å². The first kappa shape index (κ1) is 22.7. The van der Waals surface area contributed by atoms with Crippen LogP contribution in [0.25, 0.3) is 16.8 Å². The van der Waals surface area contributed by atoms with Crippen LogP contribution >= 0.6 is 23.4 Å². The summed E-state index contributed by atoms with van der Waals surface area (Å²) in [5.41, 5.74) is 1.32. The zero-order chi connectivity index (χ0) is 23.4. The lowest BCUT2D eigenvalue weighted by Crippen LogP contribution is -2.29. The Kier molecular flexibility index (Phi) is 6.86. The molecule has 168 valence electrons. The van der Waals surface area contributed by atoms with Crippen molar-refractivity contribution in [3.8, 4) is 11.5 Å². The van der Waals surface area contributed by atoms with E-state index >= 15 is 0 Å². The second kappa shape index (κ2) is 9.97. The van der Waals surface area contributed by atoms with Crippen molar-refractivity contribution < 1.29 is 24.2 Å². The van der Waals surface area contributed by atoms with Crippen LogP contribution in [0.3, 0.4) is 0 Å². The van der Waals surface area contributed by atoms with E-state index in [0.29, 0.717) is 22.2 Å². The third-order valence-electron chi connectivity index (χ3n) is 4.58. The van der Waals surface area contributed by atoms with Crippen LogP contribution in [-0.4, -0.2) is 30.3 Å². The summed E-state index contributed by atoms with van der Waals surface area (Å²) in [6.07, 6.45) is 1.65. The second-order valence-electron chi connectivity index (χ2n) is 6.94. The Balaban J connectivity index is 1.59. The Morgan fingerprint density at radius 3 is 2.70 bits per heavy atom. The Morgan fingerprint density at radius 2 is 1.94 bits per heavy atom. The first-order valence-corrected chi connectivity index (χ1v) is 11.2. The first-order chi connectivity index (χ1) is 15.9. The minimum Gasteiger partial charge on any atom is -0.546 e. The summed E-state index contributed by atoms with van der Waals surface area (Å²) in [5.74, 6) is -1.29. The molecule has 33 heavy (non-hydrogen) atoms. The standard InChI is InChI=1S/C24H19ClN2O5S/c1-2-31-19-10-14(9-18(25)22(19)32-13-21(28)29)11-20-23(30)27-24(33-20)26-17-8-7-15-5-3-4-6-16(15)12-17/h3-12H,2,13H2,1H3,(H,28,29)(H,26,27,30)/p-1/b20-11+. The van der Waals surface area contributed by atoms with Gasteiger partial charge in [0, 0.05) is 0 Å². The van der Waals surface area contributed by atoms with Gasteiger partial charge in [-0.3, -0.25) is 4.79 Å². The van der Waals surface area contributed by atoms with E-state index < -0.39 is 12.6 Å². The van der Waals surface area contributed by atoms with Crippen molar-refractivity contribution in [2.24, 2.45) is 4.99 Å². The normalized spacial score (nSPS) is 15.8. The van der Waals surface area contributed by atoms with Crippen LogP contribution in [0.2, 0.25) is 5.02 Å². The van der Waals surface area contributed by atoms with E-state index in [1.165, 1.54) is 11.8 Å². The average molecular weight is 482 g/mol. The van der Waals surface area contributed by atoms with Crippen molar-refractivity contribution in [2.75, 3.05) is 13.2 Å². The van der Waals surface area contributed by atoms with Gasteiger partial charge in [-0.2, -0.15) is 0 Å². The van der Waals surface area contributed by atoms with Gasteiger partial charge in [0.05, 0.1) is 28.2 Å². The highest BCUT2D eigenvalue weighted by Crippen LogP contribution is 2.38. The van der Waals surface area contributed by atoms with Crippen molar-refractivity contribution in [2.45, 2.75) is 6.92 Å². The van der Waals surface area contributed by atoms with Crippen molar-refractivity contribution in [1.29, 1.82) is 0 Å². The topological polar surface area (TPSA) is 100 Å². The minimum atomic E-state index is -1.38. The van der Waals surface area contributed by atoms with Gasteiger partial charge in [-0.25, -0.2) is 4.99 Å². The highest BCUT2D eigenvalue weighted by molar-refractivity contribution is 8.18. The van der Waals surface area contributed by atoms with Crippen LogP contribution in [0.15, 0.2) is 64.5 Å². The molecule has 1 aliphatic heterocycles. The number of ether oxygens (including phenoxy) is 2. The number of hydrogen-bond donors (Lipinski definition) is 1. The molecular weight excluding hydrogens is 464 g/mol. The Morgan fingerprint density at radius 1 is 1.15 bits per heavy atom. The lowest BCUT2D eigenvalue weighted by atomic mass is 10.1. The fraction of sp³-hybridized carbons (Fsp3) is 0.125. The van der Waals surface area contributed by atoms with Gasteiger partial charge < -0.3 is 24.7 Å². The van der Waals surface area contributed by atoms with E-state index in [1.54, 1.807) is 25.1 Å². The Labute approximate surface area is 199 Å². The zero-order valence-corrected chi connectivity index (χ0v) is 19.0. The summed E-state index contributed by atoms with van der Waals surface area (Å²) in [6, 6.07) is 17.0. The molecule has 0 radical (unpaired) electrons. The molecule has 9 heteroatoms. The molecule has 3 aromatic rings. The molecule has 0 aliphatic carbocycles. The first-order valence-electron chi connectivity index (χ1n) is 10.0. The van der Waals surface area contributed by atoms with Crippen molar-refractivity contribution in [3.05, 3.63) is 70.1 Å².